The molecule has 1 amide bonds. The summed E-state index contributed by atoms with van der Waals surface area (Å²) < 4.78 is 1.10. The Bertz CT molecular complexity index is 736. The van der Waals surface area contributed by atoms with Gasteiger partial charge in [-0.25, -0.2) is 4.98 Å². The van der Waals surface area contributed by atoms with Crippen LogP contribution < -0.4 is 5.32 Å². The molecule has 152 valence electrons. The van der Waals surface area contributed by atoms with Crippen molar-refractivity contribution in [3.63, 3.8) is 0 Å². The van der Waals surface area contributed by atoms with Crippen molar-refractivity contribution in [2.45, 2.75) is 49.6 Å². The molecule has 4 nitrogen and oxygen atoms in total. The average Bonchev–Trinajstić information content (AvgIpc) is 3.13. The number of likely N-dealkylation sites (tertiary alicyclic amines) is 1. The second-order valence-electron chi connectivity index (χ2n) is 7.73. The van der Waals surface area contributed by atoms with Gasteiger partial charge < -0.3 is 10.2 Å². The SMILES string of the molecule is Cc1csc(SCc2ccc(C(=O)NCCCCN3CCC(C)CC3)cc2)n1. The largest absolute Gasteiger partial charge is 0.352 e. The van der Waals surface area contributed by atoms with Gasteiger partial charge in [0.05, 0.1) is 0 Å². The highest BCUT2D eigenvalue weighted by molar-refractivity contribution is 8.00. The van der Waals surface area contributed by atoms with Crippen LogP contribution in [0.15, 0.2) is 34.0 Å². The first-order chi connectivity index (χ1) is 13.6. The zero-order valence-corrected chi connectivity index (χ0v) is 18.6. The second kappa shape index (κ2) is 11.0. The summed E-state index contributed by atoms with van der Waals surface area (Å²) >= 11 is 3.43. The quantitative estimate of drug-likeness (QED) is 0.461. The third kappa shape index (κ3) is 6.90. The first-order valence-corrected chi connectivity index (χ1v) is 12.1. The fourth-order valence-corrected chi connectivity index (χ4v) is 5.15. The molecule has 3 rings (SSSR count). The molecule has 0 aliphatic carbocycles. The summed E-state index contributed by atoms with van der Waals surface area (Å²) in [7, 11) is 0. The molecule has 1 aliphatic heterocycles. The Kier molecular flexibility index (Phi) is 8.37. The number of carbonyl (C=O) groups excluding carboxylic acids is 1. The van der Waals surface area contributed by atoms with Gasteiger partial charge in [0.15, 0.2) is 0 Å². The number of amides is 1. The minimum Gasteiger partial charge on any atom is -0.352 e. The van der Waals surface area contributed by atoms with E-state index >= 15 is 0 Å². The molecular weight excluding hydrogens is 386 g/mol. The number of aryl methyl sites for hydroxylation is 1. The molecule has 0 spiro atoms. The number of hydrogen-bond acceptors (Lipinski definition) is 5. The molecule has 1 aliphatic rings. The van der Waals surface area contributed by atoms with E-state index < -0.39 is 0 Å². The van der Waals surface area contributed by atoms with Gasteiger partial charge in [0, 0.05) is 28.9 Å². The molecule has 1 aromatic heterocycles. The number of aromatic nitrogens is 1. The molecule has 0 bridgehead atoms. The van der Waals surface area contributed by atoms with Crippen molar-refractivity contribution >= 4 is 29.0 Å². The van der Waals surface area contributed by atoms with Crippen molar-refractivity contribution in [2.24, 2.45) is 5.92 Å². The lowest BCUT2D eigenvalue weighted by Crippen LogP contribution is -2.34. The van der Waals surface area contributed by atoms with Crippen LogP contribution in [-0.4, -0.2) is 42.0 Å². The van der Waals surface area contributed by atoms with Gasteiger partial charge in [0.25, 0.3) is 5.91 Å². The van der Waals surface area contributed by atoms with Gasteiger partial charge in [0.2, 0.25) is 0 Å². The summed E-state index contributed by atoms with van der Waals surface area (Å²) in [5.41, 5.74) is 3.03. The highest BCUT2D eigenvalue weighted by Gasteiger charge is 2.14. The van der Waals surface area contributed by atoms with Gasteiger partial charge in [-0.15, -0.1) is 11.3 Å². The lowest BCUT2D eigenvalue weighted by molar-refractivity contribution is 0.0952. The van der Waals surface area contributed by atoms with Crippen LogP contribution in [-0.2, 0) is 5.75 Å². The molecule has 28 heavy (non-hydrogen) atoms. The predicted octanol–water partition coefficient (Wildman–Crippen LogP) is 4.99. The minimum atomic E-state index is 0.0292. The number of nitrogens with zero attached hydrogens (tertiary/aromatic N) is 2. The van der Waals surface area contributed by atoms with E-state index in [0.29, 0.717) is 0 Å². The van der Waals surface area contributed by atoms with Crippen LogP contribution in [0.25, 0.3) is 0 Å². The zero-order valence-electron chi connectivity index (χ0n) is 16.9. The molecular formula is C22H31N3OS2. The summed E-state index contributed by atoms with van der Waals surface area (Å²) in [6, 6.07) is 7.93. The van der Waals surface area contributed by atoms with Crippen molar-refractivity contribution in [2.75, 3.05) is 26.2 Å². The molecule has 1 saturated heterocycles. The van der Waals surface area contributed by atoms with Crippen molar-refractivity contribution in [3.8, 4) is 0 Å². The summed E-state index contributed by atoms with van der Waals surface area (Å²) in [5.74, 6) is 1.79. The molecule has 0 unspecified atom stereocenters. The van der Waals surface area contributed by atoms with E-state index in [1.54, 1.807) is 23.1 Å². The Morgan fingerprint density at radius 1 is 1.25 bits per heavy atom. The third-order valence-electron chi connectivity index (χ3n) is 5.24. The minimum absolute atomic E-state index is 0.0292. The number of thioether (sulfide) groups is 1. The van der Waals surface area contributed by atoms with E-state index in [-0.39, 0.29) is 5.91 Å². The number of benzene rings is 1. The number of carbonyl (C=O) groups is 1. The first-order valence-electron chi connectivity index (χ1n) is 10.2. The van der Waals surface area contributed by atoms with E-state index in [1.165, 1.54) is 31.5 Å². The van der Waals surface area contributed by atoms with Gasteiger partial charge in [-0.3, -0.25) is 4.79 Å². The highest BCUT2D eigenvalue weighted by Crippen LogP contribution is 2.26. The maximum absolute atomic E-state index is 12.3. The maximum Gasteiger partial charge on any atom is 0.251 e. The van der Waals surface area contributed by atoms with E-state index in [0.717, 1.165) is 53.2 Å². The fraction of sp³-hybridized carbons (Fsp3) is 0.545. The van der Waals surface area contributed by atoms with Crippen LogP contribution in [0.3, 0.4) is 0 Å². The van der Waals surface area contributed by atoms with Crippen molar-refractivity contribution in [1.82, 2.24) is 15.2 Å². The summed E-state index contributed by atoms with van der Waals surface area (Å²) in [4.78, 5) is 19.3. The molecule has 0 atom stereocenters. The van der Waals surface area contributed by atoms with Crippen LogP contribution in [0.2, 0.25) is 0 Å². The monoisotopic (exact) mass is 417 g/mol. The van der Waals surface area contributed by atoms with Crippen LogP contribution in [0, 0.1) is 12.8 Å². The molecule has 1 fully saturated rings. The Morgan fingerprint density at radius 3 is 2.68 bits per heavy atom. The number of thiazole rings is 1. The number of rotatable bonds is 9. The van der Waals surface area contributed by atoms with Crippen molar-refractivity contribution in [1.29, 1.82) is 0 Å². The highest BCUT2D eigenvalue weighted by atomic mass is 32.2. The molecule has 0 saturated carbocycles. The van der Waals surface area contributed by atoms with Gasteiger partial charge in [-0.1, -0.05) is 30.8 Å². The standard InChI is InChI=1S/C22H31N3OS2/c1-17-9-13-25(14-10-17)12-4-3-11-23-21(26)20-7-5-19(6-8-20)16-28-22-24-18(2)15-27-22/h5-8,15,17H,3-4,9-14,16H2,1-2H3,(H,23,26). The number of nitrogens with one attached hydrogen (secondary N) is 1. The lowest BCUT2D eigenvalue weighted by atomic mass is 9.99. The van der Waals surface area contributed by atoms with E-state index in [9.17, 15) is 4.79 Å². The Morgan fingerprint density at radius 2 is 2.00 bits per heavy atom. The maximum atomic E-state index is 12.3. The molecule has 2 heterocycles. The Balaban J connectivity index is 1.31. The molecule has 1 N–H and O–H groups in total. The first kappa shape index (κ1) is 21.3. The zero-order chi connectivity index (χ0) is 19.8. The molecule has 0 radical (unpaired) electrons. The van der Waals surface area contributed by atoms with Gasteiger partial charge in [-0.05, 0) is 75.9 Å². The van der Waals surface area contributed by atoms with Crippen LogP contribution in [0.5, 0.6) is 0 Å². The van der Waals surface area contributed by atoms with E-state index in [1.807, 2.05) is 31.2 Å². The lowest BCUT2D eigenvalue weighted by Gasteiger charge is -2.30. The topological polar surface area (TPSA) is 45.2 Å². The normalized spacial score (nSPS) is 15.6. The Hall–Kier alpha value is -1.37. The van der Waals surface area contributed by atoms with Crippen LogP contribution in [0.4, 0.5) is 0 Å². The van der Waals surface area contributed by atoms with Gasteiger partial charge in [-0.2, -0.15) is 0 Å². The predicted molar refractivity (Wildman–Crippen MR) is 119 cm³/mol. The van der Waals surface area contributed by atoms with Crippen LogP contribution in [0.1, 0.15) is 54.2 Å². The summed E-state index contributed by atoms with van der Waals surface area (Å²) in [6.07, 6.45) is 4.85. The smallest absolute Gasteiger partial charge is 0.251 e. The van der Waals surface area contributed by atoms with Crippen molar-refractivity contribution in [3.05, 3.63) is 46.5 Å². The Labute approximate surface area is 177 Å². The fourth-order valence-electron chi connectivity index (χ4n) is 3.35. The number of unbranched alkanes of at least 4 members (excludes halogenated alkanes) is 1. The summed E-state index contributed by atoms with van der Waals surface area (Å²) in [6.45, 7) is 8.75. The third-order valence-corrected chi connectivity index (χ3v) is 7.45. The van der Waals surface area contributed by atoms with E-state index in [4.69, 9.17) is 0 Å². The number of hydrogen-bond donors (Lipinski definition) is 1. The molecule has 6 heteroatoms. The van der Waals surface area contributed by atoms with Crippen molar-refractivity contribution < 1.29 is 4.79 Å². The second-order valence-corrected chi connectivity index (χ2v) is 9.81. The molecule has 2 aromatic rings. The van der Waals surface area contributed by atoms with Crippen LogP contribution >= 0.6 is 23.1 Å². The van der Waals surface area contributed by atoms with Gasteiger partial charge >= 0.3 is 0 Å². The van der Waals surface area contributed by atoms with Gasteiger partial charge in [0.1, 0.15) is 4.34 Å². The molecule has 1 aromatic carbocycles. The summed E-state index contributed by atoms with van der Waals surface area (Å²) in [5, 5.41) is 5.13. The average molecular weight is 418 g/mol. The van der Waals surface area contributed by atoms with E-state index in [2.05, 4.69) is 27.5 Å². The number of piperidine rings is 1.